The third-order valence-electron chi connectivity index (χ3n) is 2.61. The number of halogens is 3. The molecule has 1 aromatic rings. The Morgan fingerprint density at radius 3 is 2.71 bits per heavy atom. The Bertz CT molecular complexity index is 520. The van der Waals surface area contributed by atoms with Crippen LogP contribution in [0.25, 0.3) is 0 Å². The van der Waals surface area contributed by atoms with Crippen LogP contribution in [0.3, 0.4) is 0 Å². The van der Waals surface area contributed by atoms with Crippen molar-refractivity contribution in [2.24, 2.45) is 10.8 Å². The second kappa shape index (κ2) is 3.02. The van der Waals surface area contributed by atoms with Gasteiger partial charge in [-0.3, -0.25) is 0 Å². The molecular formula is C9H7F3N5. The number of hydrogen-bond acceptors (Lipinski definition) is 4. The molecule has 1 fully saturated rings. The van der Waals surface area contributed by atoms with Gasteiger partial charge in [-0.25, -0.2) is 18.2 Å². The van der Waals surface area contributed by atoms with Gasteiger partial charge in [0.1, 0.15) is 0 Å². The summed E-state index contributed by atoms with van der Waals surface area (Å²) in [4.78, 5) is 5.00. The minimum Gasteiger partial charge on any atom is -0.382 e. The highest BCUT2D eigenvalue weighted by Gasteiger charge is 2.45. The lowest BCUT2D eigenvalue weighted by Crippen LogP contribution is -2.57. The lowest BCUT2D eigenvalue weighted by Gasteiger charge is -2.39. The zero-order valence-corrected chi connectivity index (χ0v) is 8.49. The van der Waals surface area contributed by atoms with Crippen LogP contribution >= 0.6 is 0 Å². The van der Waals surface area contributed by atoms with Crippen LogP contribution in [0.1, 0.15) is 5.56 Å². The molecule has 0 amide bonds. The summed E-state index contributed by atoms with van der Waals surface area (Å²) in [6.45, 7) is -1.07. The lowest BCUT2D eigenvalue weighted by molar-refractivity contribution is -0.0270. The van der Waals surface area contributed by atoms with Crippen molar-refractivity contribution in [2.75, 3.05) is 18.0 Å². The standard InChI is InChI=1S/C9H7F3N5/c10-5-1-4-6(13)15-16-7(4)14-8(5)17-2-9(11,12)3-17/h1H,2-3H2,(H2,13,15). The Labute approximate surface area is 94.1 Å². The van der Waals surface area contributed by atoms with Gasteiger partial charge in [0.25, 0.3) is 5.92 Å². The van der Waals surface area contributed by atoms with Gasteiger partial charge in [0.05, 0.1) is 18.7 Å². The number of anilines is 1. The number of aromatic nitrogens is 1. The van der Waals surface area contributed by atoms with E-state index in [0.717, 1.165) is 11.0 Å². The van der Waals surface area contributed by atoms with Crippen molar-refractivity contribution in [3.8, 4) is 0 Å². The minimum atomic E-state index is -2.78. The van der Waals surface area contributed by atoms with Gasteiger partial charge in [0.15, 0.2) is 23.3 Å². The Morgan fingerprint density at radius 1 is 1.35 bits per heavy atom. The Hall–Kier alpha value is -1.99. The van der Waals surface area contributed by atoms with Gasteiger partial charge < -0.3 is 10.6 Å². The fraction of sp³-hybridized carbons (Fsp3) is 0.333. The average molecular weight is 242 g/mol. The maximum atomic E-state index is 13.6. The van der Waals surface area contributed by atoms with E-state index < -0.39 is 24.8 Å². The first-order valence-electron chi connectivity index (χ1n) is 4.84. The van der Waals surface area contributed by atoms with Crippen LogP contribution in [-0.2, 0) is 0 Å². The number of amidine groups is 1. The normalized spacial score (nSPS) is 20.4. The predicted molar refractivity (Wildman–Crippen MR) is 53.9 cm³/mol. The molecule has 0 saturated carbocycles. The van der Waals surface area contributed by atoms with Gasteiger partial charge in [-0.05, 0) is 6.07 Å². The summed E-state index contributed by atoms with van der Waals surface area (Å²) >= 11 is 0. The minimum absolute atomic E-state index is 0.0758. The largest absolute Gasteiger partial charge is 0.382 e. The number of pyridine rings is 1. The summed E-state index contributed by atoms with van der Waals surface area (Å²) < 4.78 is 39.0. The van der Waals surface area contributed by atoms with Gasteiger partial charge >= 0.3 is 0 Å². The molecule has 8 heteroatoms. The van der Waals surface area contributed by atoms with Crippen LogP contribution in [0.15, 0.2) is 11.2 Å². The average Bonchev–Trinajstić information content (AvgIpc) is 2.56. The molecule has 3 rings (SSSR count). The van der Waals surface area contributed by atoms with Crippen LogP contribution < -0.4 is 16.1 Å². The van der Waals surface area contributed by atoms with E-state index in [2.05, 4.69) is 15.5 Å². The van der Waals surface area contributed by atoms with E-state index >= 15 is 0 Å². The van der Waals surface area contributed by atoms with Crippen molar-refractivity contribution in [1.82, 2.24) is 10.4 Å². The highest BCUT2D eigenvalue weighted by atomic mass is 19.3. The predicted octanol–water partition coefficient (Wildman–Crippen LogP) is 0.546. The van der Waals surface area contributed by atoms with Crippen molar-refractivity contribution in [3.63, 3.8) is 0 Å². The molecule has 0 aliphatic carbocycles. The molecule has 0 bridgehead atoms. The molecular weight excluding hydrogens is 235 g/mol. The van der Waals surface area contributed by atoms with Crippen molar-refractivity contribution in [2.45, 2.75) is 5.92 Å². The highest BCUT2D eigenvalue weighted by molar-refractivity contribution is 6.03. The van der Waals surface area contributed by atoms with Crippen molar-refractivity contribution < 1.29 is 13.2 Å². The van der Waals surface area contributed by atoms with Gasteiger partial charge in [0.2, 0.25) is 0 Å². The van der Waals surface area contributed by atoms with Gasteiger partial charge in [-0.2, -0.15) is 0 Å². The van der Waals surface area contributed by atoms with Crippen LogP contribution in [0, 0.1) is 5.82 Å². The molecule has 17 heavy (non-hydrogen) atoms. The van der Waals surface area contributed by atoms with E-state index in [-0.39, 0.29) is 17.5 Å². The molecule has 0 atom stereocenters. The third-order valence-corrected chi connectivity index (χ3v) is 2.61. The Balaban J connectivity index is 1.94. The van der Waals surface area contributed by atoms with E-state index in [1.54, 1.807) is 0 Å². The first-order valence-corrected chi connectivity index (χ1v) is 4.84. The van der Waals surface area contributed by atoms with Gasteiger partial charge in [0, 0.05) is 0 Å². The number of fused-ring (bicyclic) bond motifs is 1. The summed E-state index contributed by atoms with van der Waals surface area (Å²) in [6.07, 6.45) is 0. The monoisotopic (exact) mass is 242 g/mol. The molecule has 2 aliphatic heterocycles. The fourth-order valence-corrected chi connectivity index (χ4v) is 1.77. The summed E-state index contributed by atoms with van der Waals surface area (Å²) in [5.74, 6) is -3.38. The van der Waals surface area contributed by atoms with Crippen LogP contribution in [0.5, 0.6) is 0 Å². The molecule has 2 N–H and O–H groups in total. The fourth-order valence-electron chi connectivity index (χ4n) is 1.77. The Morgan fingerprint density at radius 2 is 2.06 bits per heavy atom. The first kappa shape index (κ1) is 10.2. The van der Waals surface area contributed by atoms with Crippen LogP contribution in [-0.4, -0.2) is 29.8 Å². The molecule has 3 heterocycles. The summed E-state index contributed by atoms with van der Waals surface area (Å²) in [5.41, 5.74) is 9.37. The molecule has 1 saturated heterocycles. The summed E-state index contributed by atoms with van der Waals surface area (Å²) in [7, 11) is 0. The van der Waals surface area contributed by atoms with E-state index in [0.29, 0.717) is 5.56 Å². The molecule has 1 radical (unpaired) electrons. The number of hydrogen-bond donors (Lipinski definition) is 1. The van der Waals surface area contributed by atoms with E-state index in [1.807, 2.05) is 0 Å². The van der Waals surface area contributed by atoms with E-state index in [4.69, 9.17) is 5.73 Å². The van der Waals surface area contributed by atoms with Crippen molar-refractivity contribution >= 4 is 17.5 Å². The number of rotatable bonds is 1. The zero-order chi connectivity index (χ0) is 12.2. The lowest BCUT2D eigenvalue weighted by atomic mass is 10.1. The molecule has 89 valence electrons. The van der Waals surface area contributed by atoms with E-state index in [9.17, 15) is 13.2 Å². The SMILES string of the molecule is NC1=N[N]c2nc(N3CC(F)(F)C3)c(F)cc21. The Kier molecular flexibility index (Phi) is 1.81. The highest BCUT2D eigenvalue weighted by Crippen LogP contribution is 2.34. The second-order valence-corrected chi connectivity index (χ2v) is 3.96. The van der Waals surface area contributed by atoms with E-state index in [1.165, 1.54) is 0 Å². The molecule has 0 unspecified atom stereocenters. The first-order chi connectivity index (χ1) is 7.96. The van der Waals surface area contributed by atoms with Crippen molar-refractivity contribution in [3.05, 3.63) is 17.4 Å². The second-order valence-electron chi connectivity index (χ2n) is 3.96. The van der Waals surface area contributed by atoms with Gasteiger partial charge in [-0.1, -0.05) is 0 Å². The maximum Gasteiger partial charge on any atom is 0.282 e. The van der Waals surface area contributed by atoms with Crippen LogP contribution in [0.2, 0.25) is 0 Å². The number of nitrogens with two attached hydrogens (primary N) is 1. The molecule has 5 nitrogen and oxygen atoms in total. The number of nitrogens with zero attached hydrogens (tertiary/aromatic N) is 4. The molecule has 1 aromatic heterocycles. The number of alkyl halides is 2. The van der Waals surface area contributed by atoms with Crippen LogP contribution in [0.4, 0.5) is 24.8 Å². The van der Waals surface area contributed by atoms with Crippen molar-refractivity contribution in [1.29, 1.82) is 0 Å². The quantitative estimate of drug-likeness (QED) is 0.781. The third kappa shape index (κ3) is 1.48. The van der Waals surface area contributed by atoms with Gasteiger partial charge in [-0.15, -0.1) is 10.5 Å². The zero-order valence-electron chi connectivity index (χ0n) is 8.49. The molecule has 0 aromatic carbocycles. The molecule has 0 spiro atoms. The summed E-state index contributed by atoms with van der Waals surface area (Å²) in [5, 5.41) is 3.54. The molecule has 2 aliphatic rings. The topological polar surface area (TPSA) is 68.6 Å². The smallest absolute Gasteiger partial charge is 0.282 e. The summed E-state index contributed by atoms with van der Waals surface area (Å²) in [6, 6.07) is 1.11. The maximum absolute atomic E-state index is 13.6.